The van der Waals surface area contributed by atoms with Crippen molar-refractivity contribution < 1.29 is 17.6 Å². The Morgan fingerprint density at radius 2 is 1.65 bits per heavy atom. The Kier molecular flexibility index (Phi) is 9.06. The number of sulfonamides is 1. The lowest BCUT2D eigenvalue weighted by atomic mass is 10.0. The van der Waals surface area contributed by atoms with Gasteiger partial charge in [-0.25, -0.2) is 8.42 Å². The molecule has 7 nitrogen and oxygen atoms in total. The van der Waals surface area contributed by atoms with Gasteiger partial charge in [0.1, 0.15) is 11.1 Å². The minimum absolute atomic E-state index is 0.187. The highest BCUT2D eigenvalue weighted by Gasteiger charge is 2.40. The van der Waals surface area contributed by atoms with E-state index in [4.69, 9.17) is 4.42 Å². The molecular weight excluding hydrogens is 542 g/mol. The Morgan fingerprint density at radius 1 is 0.975 bits per heavy atom. The van der Waals surface area contributed by atoms with Crippen LogP contribution in [0, 0.1) is 0 Å². The number of hydrogen-bond donors (Lipinski definition) is 1. The number of carbonyl (C=O) groups is 1. The number of furan rings is 1. The van der Waals surface area contributed by atoms with Gasteiger partial charge in [-0.2, -0.15) is 4.31 Å². The van der Waals surface area contributed by atoms with Gasteiger partial charge in [0, 0.05) is 18.8 Å². The molecule has 1 aliphatic rings. The first-order chi connectivity index (χ1) is 19.4. The first-order valence-electron chi connectivity index (χ1n) is 13.3. The molecule has 3 aromatic carbocycles. The fourth-order valence-corrected chi connectivity index (χ4v) is 7.93. The third kappa shape index (κ3) is 6.67. The number of amides is 1. The molecule has 5 rings (SSSR count). The van der Waals surface area contributed by atoms with Crippen LogP contribution in [0.2, 0.25) is 0 Å². The third-order valence-electron chi connectivity index (χ3n) is 6.97. The molecule has 1 N–H and O–H groups in total. The van der Waals surface area contributed by atoms with Crippen molar-refractivity contribution in [3.8, 4) is 11.1 Å². The average molecular weight is 576 g/mol. The number of hydrogen-bond acceptors (Lipinski definition) is 6. The van der Waals surface area contributed by atoms with Gasteiger partial charge in [-0.3, -0.25) is 9.69 Å². The van der Waals surface area contributed by atoms with Crippen molar-refractivity contribution in [1.82, 2.24) is 14.5 Å². The van der Waals surface area contributed by atoms with E-state index in [-0.39, 0.29) is 23.4 Å². The molecule has 1 aliphatic heterocycles. The van der Waals surface area contributed by atoms with Crippen molar-refractivity contribution in [2.45, 2.75) is 29.3 Å². The van der Waals surface area contributed by atoms with Crippen LogP contribution in [0.1, 0.15) is 23.8 Å². The molecule has 0 bridgehead atoms. The number of carbonyl (C=O) groups excluding carboxylic acids is 1. The van der Waals surface area contributed by atoms with Gasteiger partial charge in [0.15, 0.2) is 0 Å². The van der Waals surface area contributed by atoms with Gasteiger partial charge in [0.2, 0.25) is 15.9 Å². The Morgan fingerprint density at radius 3 is 2.33 bits per heavy atom. The van der Waals surface area contributed by atoms with Crippen LogP contribution < -0.4 is 5.32 Å². The summed E-state index contributed by atoms with van der Waals surface area (Å²) >= 11 is 1.36. The molecule has 2 heterocycles. The van der Waals surface area contributed by atoms with E-state index in [2.05, 4.69) is 10.2 Å². The summed E-state index contributed by atoms with van der Waals surface area (Å²) in [6, 6.07) is 30.0. The van der Waals surface area contributed by atoms with Crippen LogP contribution in [0.5, 0.6) is 0 Å². The van der Waals surface area contributed by atoms with Gasteiger partial charge in [0.05, 0.1) is 23.7 Å². The van der Waals surface area contributed by atoms with Crippen LogP contribution in [0.15, 0.2) is 113 Å². The zero-order valence-electron chi connectivity index (χ0n) is 22.3. The molecule has 1 amide bonds. The van der Waals surface area contributed by atoms with Gasteiger partial charge in [-0.15, -0.1) is 11.8 Å². The maximum absolute atomic E-state index is 13.6. The predicted octanol–water partition coefficient (Wildman–Crippen LogP) is 5.39. The minimum Gasteiger partial charge on any atom is -0.468 e. The van der Waals surface area contributed by atoms with Gasteiger partial charge >= 0.3 is 0 Å². The van der Waals surface area contributed by atoms with E-state index < -0.39 is 15.4 Å². The summed E-state index contributed by atoms with van der Waals surface area (Å²) in [6.45, 7) is 1.66. The molecule has 2 unspecified atom stereocenters. The van der Waals surface area contributed by atoms with E-state index in [0.717, 1.165) is 22.5 Å². The molecule has 40 heavy (non-hydrogen) atoms. The largest absolute Gasteiger partial charge is 0.468 e. The lowest BCUT2D eigenvalue weighted by Crippen LogP contribution is -2.46. The lowest BCUT2D eigenvalue weighted by Gasteiger charge is -2.27. The molecule has 2 atom stereocenters. The van der Waals surface area contributed by atoms with E-state index in [9.17, 15) is 13.2 Å². The quantitative estimate of drug-likeness (QED) is 0.258. The van der Waals surface area contributed by atoms with Crippen LogP contribution >= 0.6 is 11.8 Å². The monoisotopic (exact) mass is 575 g/mol. The Bertz CT molecular complexity index is 1480. The second-order valence-corrected chi connectivity index (χ2v) is 12.9. The second-order valence-electron chi connectivity index (χ2n) is 9.81. The topological polar surface area (TPSA) is 82.9 Å². The molecule has 1 aromatic heterocycles. The summed E-state index contributed by atoms with van der Waals surface area (Å²) in [6.07, 6.45) is 2.32. The van der Waals surface area contributed by atoms with Crippen molar-refractivity contribution >= 4 is 27.7 Å². The van der Waals surface area contributed by atoms with Gasteiger partial charge < -0.3 is 9.73 Å². The van der Waals surface area contributed by atoms with Crippen LogP contribution in [0.25, 0.3) is 11.1 Å². The molecular formula is C31H33N3O4S2. The summed E-state index contributed by atoms with van der Waals surface area (Å²) in [5, 5.41) is 2.33. The number of rotatable bonds is 11. The highest BCUT2D eigenvalue weighted by molar-refractivity contribution is 8.02. The number of nitrogens with zero attached hydrogens (tertiary/aromatic N) is 2. The van der Waals surface area contributed by atoms with Crippen molar-refractivity contribution in [3.05, 3.63) is 115 Å². The number of thioether (sulfide) groups is 1. The van der Waals surface area contributed by atoms with Gasteiger partial charge in [-0.1, -0.05) is 72.8 Å². The van der Waals surface area contributed by atoms with Crippen molar-refractivity contribution in [2.24, 2.45) is 0 Å². The first-order valence-corrected chi connectivity index (χ1v) is 15.8. The summed E-state index contributed by atoms with van der Waals surface area (Å²) in [5.41, 5.74) is 2.94. The van der Waals surface area contributed by atoms with Crippen molar-refractivity contribution in [1.29, 1.82) is 0 Å². The molecule has 0 spiro atoms. The molecule has 0 aliphatic carbocycles. The third-order valence-corrected chi connectivity index (χ3v) is 10.2. The van der Waals surface area contributed by atoms with Crippen LogP contribution in [-0.2, 0) is 21.4 Å². The molecule has 0 saturated carbocycles. The molecule has 4 aromatic rings. The molecule has 1 saturated heterocycles. The highest BCUT2D eigenvalue weighted by Crippen LogP contribution is 2.32. The summed E-state index contributed by atoms with van der Waals surface area (Å²) < 4.78 is 34.1. The van der Waals surface area contributed by atoms with Gasteiger partial charge in [-0.05, 0) is 54.4 Å². The van der Waals surface area contributed by atoms with E-state index in [0.29, 0.717) is 25.3 Å². The van der Waals surface area contributed by atoms with Crippen molar-refractivity contribution in [2.75, 3.05) is 25.9 Å². The fourth-order valence-electron chi connectivity index (χ4n) is 4.84. The smallest absolute Gasteiger partial charge is 0.249 e. The Labute approximate surface area is 240 Å². The predicted molar refractivity (Wildman–Crippen MR) is 159 cm³/mol. The SMILES string of the molecule is CN(CCC(NC(=O)C1SCCN1S(=O)(=O)c1ccc(-c2ccccc2)cc1)c1ccccc1)Cc1ccco1. The molecule has 9 heteroatoms. The van der Waals surface area contributed by atoms with Crippen LogP contribution in [0.4, 0.5) is 0 Å². The summed E-state index contributed by atoms with van der Waals surface area (Å²) in [4.78, 5) is 15.9. The van der Waals surface area contributed by atoms with E-state index >= 15 is 0 Å². The standard InChI is InChI=1S/C31H33N3O4S2/c1-33(23-27-13-8-21-38-27)19-18-29(26-11-6-3-7-12-26)32-30(35)31-34(20-22-39-31)40(36,37)28-16-14-25(15-17-28)24-9-4-2-5-10-24/h2-17,21,29,31H,18-20,22-23H2,1H3,(H,32,35). The Balaban J connectivity index is 1.29. The Hall–Kier alpha value is -3.37. The van der Waals surface area contributed by atoms with Crippen LogP contribution in [0.3, 0.4) is 0 Å². The van der Waals surface area contributed by atoms with Crippen molar-refractivity contribution in [3.63, 3.8) is 0 Å². The highest BCUT2D eigenvalue weighted by atomic mass is 32.2. The first kappa shape index (κ1) is 28.2. The zero-order chi connectivity index (χ0) is 28.0. The minimum atomic E-state index is -3.85. The van der Waals surface area contributed by atoms with E-state index in [1.165, 1.54) is 16.1 Å². The zero-order valence-corrected chi connectivity index (χ0v) is 24.0. The molecule has 1 fully saturated rings. The second kappa shape index (κ2) is 12.9. The maximum atomic E-state index is 13.6. The summed E-state index contributed by atoms with van der Waals surface area (Å²) in [5.74, 6) is 1.14. The molecule has 208 valence electrons. The average Bonchev–Trinajstić information content (AvgIpc) is 3.69. The number of benzene rings is 3. The molecule has 0 radical (unpaired) electrons. The van der Waals surface area contributed by atoms with E-state index in [1.54, 1.807) is 18.4 Å². The fraction of sp³-hybridized carbons (Fsp3) is 0.258. The maximum Gasteiger partial charge on any atom is 0.249 e. The number of nitrogens with one attached hydrogen (secondary N) is 1. The van der Waals surface area contributed by atoms with E-state index in [1.807, 2.05) is 92.0 Å². The normalized spacial score (nSPS) is 16.7. The summed E-state index contributed by atoms with van der Waals surface area (Å²) in [7, 11) is -1.84. The van der Waals surface area contributed by atoms with Gasteiger partial charge in [0.25, 0.3) is 0 Å². The van der Waals surface area contributed by atoms with Crippen LogP contribution in [-0.4, -0.2) is 54.8 Å². The lowest BCUT2D eigenvalue weighted by molar-refractivity contribution is -0.123.